The fraction of sp³-hybridized carbons (Fsp3) is 0.133. The first-order valence-electron chi connectivity index (χ1n) is 6.17. The molecule has 6 heteroatoms. The molecule has 0 radical (unpaired) electrons. The fourth-order valence-electron chi connectivity index (χ4n) is 1.85. The summed E-state index contributed by atoms with van der Waals surface area (Å²) in [5.41, 5.74) is -1.41. The highest BCUT2D eigenvalue weighted by Crippen LogP contribution is 2.21. The van der Waals surface area contributed by atoms with Crippen LogP contribution in [-0.2, 0) is 10.3 Å². The Morgan fingerprint density at radius 1 is 1.14 bits per heavy atom. The van der Waals surface area contributed by atoms with Crippen LogP contribution < -0.4 is 5.32 Å². The number of nitrogens with one attached hydrogen (secondary N) is 1. The smallest absolute Gasteiger partial charge is 0.333 e. The number of halogens is 1. The van der Waals surface area contributed by atoms with E-state index < -0.39 is 23.4 Å². The zero-order chi connectivity index (χ0) is 15.5. The Bertz CT molecular complexity index is 676. The Labute approximate surface area is 120 Å². The molecule has 108 valence electrons. The highest BCUT2D eigenvalue weighted by molar-refractivity contribution is 5.96. The molecule has 0 aliphatic heterocycles. The average molecular weight is 288 g/mol. The van der Waals surface area contributed by atoms with Gasteiger partial charge in [0.1, 0.15) is 5.69 Å². The summed E-state index contributed by atoms with van der Waals surface area (Å²) in [4.78, 5) is 27.1. The van der Waals surface area contributed by atoms with Crippen LogP contribution in [0.3, 0.4) is 0 Å². The van der Waals surface area contributed by atoms with E-state index in [1.54, 1.807) is 30.3 Å². The third-order valence-corrected chi connectivity index (χ3v) is 3.09. The minimum absolute atomic E-state index is 0.182. The van der Waals surface area contributed by atoms with Crippen molar-refractivity contribution < 1.29 is 19.1 Å². The number of amides is 1. The number of benzene rings is 1. The minimum Gasteiger partial charge on any atom is -0.479 e. The van der Waals surface area contributed by atoms with Gasteiger partial charge in [0.15, 0.2) is 5.54 Å². The van der Waals surface area contributed by atoms with Gasteiger partial charge in [-0.05, 0) is 24.6 Å². The molecular weight excluding hydrogens is 275 g/mol. The molecule has 1 amide bonds. The maximum atomic E-state index is 13.0. The van der Waals surface area contributed by atoms with Crippen LogP contribution in [0.2, 0.25) is 0 Å². The molecule has 0 saturated carbocycles. The fourth-order valence-corrected chi connectivity index (χ4v) is 1.85. The number of carbonyl (C=O) groups is 2. The second kappa shape index (κ2) is 5.70. The third-order valence-electron chi connectivity index (χ3n) is 3.09. The van der Waals surface area contributed by atoms with E-state index >= 15 is 0 Å². The molecule has 1 heterocycles. The molecular formula is C15H13FN2O3. The molecule has 21 heavy (non-hydrogen) atoms. The second-order valence-corrected chi connectivity index (χ2v) is 4.60. The van der Waals surface area contributed by atoms with Crippen LogP contribution in [0, 0.1) is 5.95 Å². The molecule has 0 fully saturated rings. The number of nitrogens with zero attached hydrogens (tertiary/aromatic N) is 1. The van der Waals surface area contributed by atoms with Crippen molar-refractivity contribution in [3.8, 4) is 0 Å². The number of carbonyl (C=O) groups excluding carboxylic acids is 1. The molecule has 1 unspecified atom stereocenters. The summed E-state index contributed by atoms with van der Waals surface area (Å²) < 4.78 is 13.0. The highest BCUT2D eigenvalue weighted by Gasteiger charge is 2.37. The predicted octanol–water partition coefficient (Wildman–Crippen LogP) is 1.95. The molecule has 2 N–H and O–H groups in total. The van der Waals surface area contributed by atoms with Gasteiger partial charge in [0, 0.05) is 0 Å². The summed E-state index contributed by atoms with van der Waals surface area (Å²) in [6.07, 6.45) is 0. The lowest BCUT2D eigenvalue weighted by atomic mass is 9.92. The van der Waals surface area contributed by atoms with Crippen molar-refractivity contribution in [2.75, 3.05) is 0 Å². The predicted molar refractivity (Wildman–Crippen MR) is 73.1 cm³/mol. The molecule has 1 aromatic heterocycles. The lowest BCUT2D eigenvalue weighted by Gasteiger charge is -2.26. The normalized spacial score (nSPS) is 13.2. The molecule has 2 aromatic rings. The van der Waals surface area contributed by atoms with Crippen LogP contribution in [0.4, 0.5) is 4.39 Å². The van der Waals surface area contributed by atoms with Crippen LogP contribution in [0.25, 0.3) is 0 Å². The Hall–Kier alpha value is -2.76. The maximum Gasteiger partial charge on any atom is 0.333 e. The van der Waals surface area contributed by atoms with Crippen molar-refractivity contribution in [2.24, 2.45) is 0 Å². The molecule has 1 atom stereocenters. The minimum atomic E-state index is -1.63. The van der Waals surface area contributed by atoms with Crippen molar-refractivity contribution in [3.63, 3.8) is 0 Å². The zero-order valence-electron chi connectivity index (χ0n) is 11.2. The molecule has 0 bridgehead atoms. The molecule has 5 nitrogen and oxygen atoms in total. The van der Waals surface area contributed by atoms with E-state index in [-0.39, 0.29) is 5.69 Å². The maximum absolute atomic E-state index is 13.0. The van der Waals surface area contributed by atoms with E-state index in [1.807, 2.05) is 0 Å². The van der Waals surface area contributed by atoms with E-state index in [0.717, 1.165) is 6.07 Å². The molecule has 1 aromatic carbocycles. The van der Waals surface area contributed by atoms with E-state index in [4.69, 9.17) is 0 Å². The van der Waals surface area contributed by atoms with Crippen LogP contribution in [-0.4, -0.2) is 22.0 Å². The first-order valence-corrected chi connectivity index (χ1v) is 6.17. The van der Waals surface area contributed by atoms with Crippen molar-refractivity contribution in [1.29, 1.82) is 0 Å². The van der Waals surface area contributed by atoms with Gasteiger partial charge in [-0.2, -0.15) is 4.39 Å². The number of hydrogen-bond acceptors (Lipinski definition) is 3. The zero-order valence-corrected chi connectivity index (χ0v) is 11.2. The van der Waals surface area contributed by atoms with Gasteiger partial charge in [0.25, 0.3) is 5.91 Å². The summed E-state index contributed by atoms with van der Waals surface area (Å²) in [6, 6.07) is 12.0. The van der Waals surface area contributed by atoms with Gasteiger partial charge in [-0.15, -0.1) is 0 Å². The van der Waals surface area contributed by atoms with Crippen molar-refractivity contribution in [1.82, 2.24) is 10.3 Å². The third kappa shape index (κ3) is 3.05. The molecule has 0 aliphatic rings. The number of carboxylic acids is 1. The first-order chi connectivity index (χ1) is 9.93. The molecule has 0 spiro atoms. The Morgan fingerprint density at radius 3 is 2.38 bits per heavy atom. The van der Waals surface area contributed by atoms with Gasteiger partial charge < -0.3 is 10.4 Å². The number of aromatic nitrogens is 1. The van der Waals surface area contributed by atoms with Crippen molar-refractivity contribution in [2.45, 2.75) is 12.5 Å². The number of rotatable bonds is 4. The van der Waals surface area contributed by atoms with E-state index in [1.165, 1.54) is 19.1 Å². The van der Waals surface area contributed by atoms with Gasteiger partial charge in [0.05, 0.1) is 0 Å². The first kappa shape index (κ1) is 14.6. The summed E-state index contributed by atoms with van der Waals surface area (Å²) in [7, 11) is 0. The topological polar surface area (TPSA) is 79.3 Å². The van der Waals surface area contributed by atoms with Gasteiger partial charge in [-0.1, -0.05) is 36.4 Å². The van der Waals surface area contributed by atoms with Gasteiger partial charge in [-0.25, -0.2) is 9.78 Å². The van der Waals surface area contributed by atoms with Crippen molar-refractivity contribution in [3.05, 3.63) is 65.7 Å². The SMILES string of the molecule is CC(NC(=O)c1cccc(F)n1)(C(=O)O)c1ccccc1. The summed E-state index contributed by atoms with van der Waals surface area (Å²) in [6.45, 7) is 1.36. The standard InChI is InChI=1S/C15H13FN2O3/c1-15(14(20)21,10-6-3-2-4-7-10)18-13(19)11-8-5-9-12(16)17-11/h2-9H,1H3,(H,18,19)(H,20,21). The average Bonchev–Trinajstić information content (AvgIpc) is 2.47. The lowest BCUT2D eigenvalue weighted by Crippen LogP contribution is -2.49. The Balaban J connectivity index is 2.33. The van der Waals surface area contributed by atoms with E-state index in [9.17, 15) is 19.1 Å². The molecule has 2 rings (SSSR count). The van der Waals surface area contributed by atoms with Crippen LogP contribution in [0.5, 0.6) is 0 Å². The van der Waals surface area contributed by atoms with Gasteiger partial charge >= 0.3 is 5.97 Å². The van der Waals surface area contributed by atoms with Crippen LogP contribution >= 0.6 is 0 Å². The summed E-state index contributed by atoms with van der Waals surface area (Å²) in [5.74, 6) is -2.79. The number of aliphatic carboxylic acids is 1. The number of hydrogen-bond donors (Lipinski definition) is 2. The second-order valence-electron chi connectivity index (χ2n) is 4.60. The number of carboxylic acid groups (broad SMARTS) is 1. The summed E-state index contributed by atoms with van der Waals surface area (Å²) >= 11 is 0. The van der Waals surface area contributed by atoms with Crippen LogP contribution in [0.1, 0.15) is 23.0 Å². The van der Waals surface area contributed by atoms with E-state index in [0.29, 0.717) is 5.56 Å². The Morgan fingerprint density at radius 2 is 1.81 bits per heavy atom. The largest absolute Gasteiger partial charge is 0.479 e. The van der Waals surface area contributed by atoms with E-state index in [2.05, 4.69) is 10.3 Å². The van der Waals surface area contributed by atoms with Gasteiger partial charge in [0.2, 0.25) is 5.95 Å². The molecule has 0 saturated heterocycles. The van der Waals surface area contributed by atoms with Crippen LogP contribution in [0.15, 0.2) is 48.5 Å². The summed E-state index contributed by atoms with van der Waals surface area (Å²) in [5, 5.41) is 11.8. The van der Waals surface area contributed by atoms with Gasteiger partial charge in [-0.3, -0.25) is 4.79 Å². The highest BCUT2D eigenvalue weighted by atomic mass is 19.1. The monoisotopic (exact) mass is 288 g/mol. The molecule has 0 aliphatic carbocycles. The quantitative estimate of drug-likeness (QED) is 0.843. The lowest BCUT2D eigenvalue weighted by molar-refractivity contribution is -0.144. The number of pyridine rings is 1. The van der Waals surface area contributed by atoms with Crippen molar-refractivity contribution >= 4 is 11.9 Å². The Kier molecular flexibility index (Phi) is 3.98.